The van der Waals surface area contributed by atoms with Crippen LogP contribution in [0.2, 0.25) is 0 Å². The summed E-state index contributed by atoms with van der Waals surface area (Å²) >= 11 is 3.21. The lowest BCUT2D eigenvalue weighted by atomic mass is 10.3. The minimum absolute atomic E-state index is 0.186. The van der Waals surface area contributed by atoms with Crippen molar-refractivity contribution < 1.29 is 18.0 Å². The molecule has 2 amide bonds. The predicted molar refractivity (Wildman–Crippen MR) is 59.8 cm³/mol. The number of halogens is 4. The third-order valence-corrected chi connectivity index (χ3v) is 2.57. The van der Waals surface area contributed by atoms with Gasteiger partial charge in [-0.05, 0) is 34.5 Å². The van der Waals surface area contributed by atoms with Gasteiger partial charge in [0, 0.05) is 10.7 Å². The van der Waals surface area contributed by atoms with Crippen LogP contribution in [0.15, 0.2) is 16.7 Å². The minimum atomic E-state index is -4.43. The number of anilines is 1. The van der Waals surface area contributed by atoms with Gasteiger partial charge in [0.1, 0.15) is 12.4 Å². The highest BCUT2D eigenvalue weighted by Gasteiger charge is 2.27. The van der Waals surface area contributed by atoms with Crippen LogP contribution in [0.25, 0.3) is 0 Å². The molecule has 1 heterocycles. The number of aryl methyl sites for hydroxylation is 1. The standard InChI is InChI=1S/C9H9BrF3N3O/c1-5-2-7(14-3-6(5)10)16-8(17)15-4-9(11,12)13/h2-3H,4H2,1H3,(H2,14,15,16,17). The summed E-state index contributed by atoms with van der Waals surface area (Å²) in [6.45, 7) is 0.388. The number of nitrogens with one attached hydrogen (secondary N) is 2. The first-order chi connectivity index (χ1) is 7.78. The lowest BCUT2D eigenvalue weighted by molar-refractivity contribution is -0.122. The Morgan fingerprint density at radius 1 is 1.53 bits per heavy atom. The molecule has 0 saturated heterocycles. The number of hydrogen-bond donors (Lipinski definition) is 2. The van der Waals surface area contributed by atoms with E-state index in [1.807, 2.05) is 0 Å². The van der Waals surface area contributed by atoms with E-state index in [1.54, 1.807) is 12.2 Å². The zero-order valence-electron chi connectivity index (χ0n) is 8.73. The summed E-state index contributed by atoms with van der Waals surface area (Å²) in [5.41, 5.74) is 0.811. The highest BCUT2D eigenvalue weighted by atomic mass is 79.9. The molecule has 0 aliphatic carbocycles. The van der Waals surface area contributed by atoms with Gasteiger partial charge in [-0.1, -0.05) is 0 Å². The van der Waals surface area contributed by atoms with E-state index in [0.29, 0.717) is 0 Å². The summed E-state index contributed by atoms with van der Waals surface area (Å²) in [4.78, 5) is 14.9. The van der Waals surface area contributed by atoms with Crippen LogP contribution in [-0.4, -0.2) is 23.7 Å². The number of alkyl halides is 3. The van der Waals surface area contributed by atoms with Crippen LogP contribution in [0, 0.1) is 6.92 Å². The SMILES string of the molecule is Cc1cc(NC(=O)NCC(F)(F)F)ncc1Br. The quantitative estimate of drug-likeness (QED) is 0.882. The summed E-state index contributed by atoms with van der Waals surface area (Å²) in [7, 11) is 0. The zero-order valence-corrected chi connectivity index (χ0v) is 10.3. The molecule has 17 heavy (non-hydrogen) atoms. The molecule has 0 spiro atoms. The van der Waals surface area contributed by atoms with E-state index in [1.165, 1.54) is 12.3 Å². The fourth-order valence-electron chi connectivity index (χ4n) is 0.949. The van der Waals surface area contributed by atoms with E-state index in [4.69, 9.17) is 0 Å². The molecule has 2 N–H and O–H groups in total. The van der Waals surface area contributed by atoms with Gasteiger partial charge in [-0.15, -0.1) is 0 Å². The molecule has 0 atom stereocenters. The molecule has 0 aliphatic heterocycles. The van der Waals surface area contributed by atoms with Crippen molar-refractivity contribution in [3.05, 3.63) is 22.3 Å². The van der Waals surface area contributed by atoms with Gasteiger partial charge in [0.2, 0.25) is 0 Å². The summed E-state index contributed by atoms with van der Waals surface area (Å²) < 4.78 is 36.2. The van der Waals surface area contributed by atoms with Crippen molar-refractivity contribution in [1.29, 1.82) is 0 Å². The number of pyridine rings is 1. The summed E-state index contributed by atoms with van der Waals surface area (Å²) in [5.74, 6) is 0.186. The Kier molecular flexibility index (Phi) is 4.33. The first-order valence-corrected chi connectivity index (χ1v) is 5.31. The first kappa shape index (κ1) is 13.8. The Labute approximate surface area is 104 Å². The number of hydrogen-bond acceptors (Lipinski definition) is 2. The second-order valence-electron chi connectivity index (χ2n) is 3.24. The molecule has 0 saturated carbocycles. The number of carbonyl (C=O) groups excluding carboxylic acids is 1. The highest BCUT2D eigenvalue weighted by molar-refractivity contribution is 9.10. The summed E-state index contributed by atoms with van der Waals surface area (Å²) in [6, 6.07) is 0.591. The van der Waals surface area contributed by atoms with Crippen molar-refractivity contribution >= 4 is 27.8 Å². The lowest BCUT2D eigenvalue weighted by Crippen LogP contribution is -2.36. The normalized spacial score (nSPS) is 11.1. The maximum Gasteiger partial charge on any atom is 0.405 e. The van der Waals surface area contributed by atoms with Crippen molar-refractivity contribution in [2.45, 2.75) is 13.1 Å². The van der Waals surface area contributed by atoms with Crippen LogP contribution >= 0.6 is 15.9 Å². The van der Waals surface area contributed by atoms with Crippen LogP contribution in [0.3, 0.4) is 0 Å². The third kappa shape index (κ3) is 5.03. The fraction of sp³-hybridized carbons (Fsp3) is 0.333. The molecule has 8 heteroatoms. The van der Waals surface area contributed by atoms with Gasteiger partial charge in [0.05, 0.1) is 0 Å². The zero-order chi connectivity index (χ0) is 13.1. The van der Waals surface area contributed by atoms with Crippen molar-refractivity contribution in [3.63, 3.8) is 0 Å². The van der Waals surface area contributed by atoms with Crippen molar-refractivity contribution in [2.24, 2.45) is 0 Å². The minimum Gasteiger partial charge on any atom is -0.329 e. The van der Waals surface area contributed by atoms with E-state index in [0.717, 1.165) is 10.0 Å². The predicted octanol–water partition coefficient (Wildman–Crippen LogP) is 2.84. The van der Waals surface area contributed by atoms with Crippen molar-refractivity contribution in [1.82, 2.24) is 10.3 Å². The molecule has 1 aromatic heterocycles. The number of rotatable bonds is 2. The largest absolute Gasteiger partial charge is 0.405 e. The van der Waals surface area contributed by atoms with E-state index >= 15 is 0 Å². The fourth-order valence-corrected chi connectivity index (χ4v) is 1.17. The molecule has 0 aromatic carbocycles. The second kappa shape index (κ2) is 5.35. The molecule has 0 radical (unpaired) electrons. The van der Waals surface area contributed by atoms with Crippen LogP contribution in [-0.2, 0) is 0 Å². The van der Waals surface area contributed by atoms with E-state index in [-0.39, 0.29) is 5.82 Å². The Hall–Kier alpha value is -1.31. The third-order valence-electron chi connectivity index (χ3n) is 1.74. The van der Waals surface area contributed by atoms with Gasteiger partial charge in [-0.2, -0.15) is 13.2 Å². The molecule has 94 valence electrons. The number of urea groups is 1. The number of amides is 2. The molecule has 0 bridgehead atoms. The molecule has 4 nitrogen and oxygen atoms in total. The van der Waals surface area contributed by atoms with Crippen LogP contribution in [0.4, 0.5) is 23.8 Å². The average Bonchev–Trinajstić information content (AvgIpc) is 2.20. The lowest BCUT2D eigenvalue weighted by Gasteiger charge is -2.09. The average molecular weight is 312 g/mol. The molecule has 0 aliphatic rings. The molecular formula is C9H9BrF3N3O. The van der Waals surface area contributed by atoms with Crippen LogP contribution < -0.4 is 10.6 Å². The van der Waals surface area contributed by atoms with E-state index < -0.39 is 18.8 Å². The van der Waals surface area contributed by atoms with Gasteiger partial charge in [0.25, 0.3) is 0 Å². The maximum absolute atomic E-state index is 11.8. The Balaban J connectivity index is 2.54. The monoisotopic (exact) mass is 311 g/mol. The molecule has 1 rings (SSSR count). The van der Waals surface area contributed by atoms with E-state index in [2.05, 4.69) is 26.2 Å². The van der Waals surface area contributed by atoms with Gasteiger partial charge in [0.15, 0.2) is 0 Å². The Bertz CT molecular complexity index is 422. The van der Waals surface area contributed by atoms with Gasteiger partial charge in [-0.3, -0.25) is 5.32 Å². The first-order valence-electron chi connectivity index (χ1n) is 4.51. The van der Waals surface area contributed by atoms with Crippen molar-refractivity contribution in [2.75, 3.05) is 11.9 Å². The van der Waals surface area contributed by atoms with Crippen LogP contribution in [0.5, 0.6) is 0 Å². The van der Waals surface area contributed by atoms with Crippen LogP contribution in [0.1, 0.15) is 5.56 Å². The Morgan fingerprint density at radius 2 is 2.18 bits per heavy atom. The Morgan fingerprint density at radius 3 is 2.71 bits per heavy atom. The van der Waals surface area contributed by atoms with Gasteiger partial charge >= 0.3 is 12.2 Å². The van der Waals surface area contributed by atoms with Crippen molar-refractivity contribution in [3.8, 4) is 0 Å². The number of aromatic nitrogens is 1. The molecular weight excluding hydrogens is 303 g/mol. The second-order valence-corrected chi connectivity index (χ2v) is 4.10. The van der Waals surface area contributed by atoms with Gasteiger partial charge < -0.3 is 5.32 Å². The van der Waals surface area contributed by atoms with Gasteiger partial charge in [-0.25, -0.2) is 9.78 Å². The molecule has 1 aromatic rings. The number of carbonyl (C=O) groups is 1. The van der Waals surface area contributed by atoms with E-state index in [9.17, 15) is 18.0 Å². The maximum atomic E-state index is 11.8. The smallest absolute Gasteiger partial charge is 0.329 e. The summed E-state index contributed by atoms with van der Waals surface area (Å²) in [5, 5.41) is 3.88. The number of nitrogens with zero attached hydrogens (tertiary/aromatic N) is 1. The topological polar surface area (TPSA) is 54.0 Å². The molecule has 0 unspecified atom stereocenters. The molecule has 0 fully saturated rings. The highest BCUT2D eigenvalue weighted by Crippen LogP contribution is 2.17. The summed E-state index contributed by atoms with van der Waals surface area (Å²) in [6.07, 6.45) is -2.98.